The van der Waals surface area contributed by atoms with Gasteiger partial charge in [-0.3, -0.25) is 0 Å². The highest BCUT2D eigenvalue weighted by Crippen LogP contribution is 2.35. The zero-order valence-electron chi connectivity index (χ0n) is 11.6. The van der Waals surface area contributed by atoms with Gasteiger partial charge in [0.15, 0.2) is 11.5 Å². The molecule has 2 rings (SSSR count). The predicted octanol–water partition coefficient (Wildman–Crippen LogP) is 1.08. The molecule has 0 fully saturated rings. The molecule has 0 aliphatic carbocycles. The topological polar surface area (TPSA) is 43.0 Å². The SMILES string of the molecule is COCCN(C)CCNCc1cccc2c1OCO2. The largest absolute Gasteiger partial charge is 0.454 e. The minimum absolute atomic E-state index is 0.325. The molecule has 1 heterocycles. The van der Waals surface area contributed by atoms with Crippen molar-refractivity contribution in [2.24, 2.45) is 0 Å². The van der Waals surface area contributed by atoms with Crippen LogP contribution in [-0.4, -0.2) is 52.1 Å². The molecule has 106 valence electrons. The molecule has 1 N–H and O–H groups in total. The zero-order chi connectivity index (χ0) is 13.5. The van der Waals surface area contributed by atoms with Gasteiger partial charge in [0.25, 0.3) is 0 Å². The van der Waals surface area contributed by atoms with Crippen molar-refractivity contribution in [2.75, 3.05) is 47.2 Å². The molecule has 5 heteroatoms. The number of rotatable bonds is 8. The molecule has 5 nitrogen and oxygen atoms in total. The molecule has 0 bridgehead atoms. The molecule has 19 heavy (non-hydrogen) atoms. The fourth-order valence-corrected chi connectivity index (χ4v) is 1.98. The molecule has 0 aromatic heterocycles. The summed E-state index contributed by atoms with van der Waals surface area (Å²) in [7, 11) is 3.82. The number of hydrogen-bond donors (Lipinski definition) is 1. The zero-order valence-corrected chi connectivity index (χ0v) is 11.6. The van der Waals surface area contributed by atoms with Gasteiger partial charge in [0.1, 0.15) is 0 Å². The van der Waals surface area contributed by atoms with Crippen LogP contribution in [0.3, 0.4) is 0 Å². The Balaban J connectivity index is 1.70. The van der Waals surface area contributed by atoms with Gasteiger partial charge < -0.3 is 24.4 Å². The van der Waals surface area contributed by atoms with Gasteiger partial charge in [-0.05, 0) is 13.1 Å². The maximum atomic E-state index is 5.47. The first-order valence-electron chi connectivity index (χ1n) is 6.57. The smallest absolute Gasteiger partial charge is 0.231 e. The number of hydrogen-bond acceptors (Lipinski definition) is 5. The van der Waals surface area contributed by atoms with E-state index in [1.54, 1.807) is 7.11 Å². The Labute approximate surface area is 114 Å². The van der Waals surface area contributed by atoms with Gasteiger partial charge in [-0.2, -0.15) is 0 Å². The highest BCUT2D eigenvalue weighted by atomic mass is 16.7. The van der Waals surface area contributed by atoms with E-state index in [1.165, 1.54) is 0 Å². The van der Waals surface area contributed by atoms with Gasteiger partial charge in [-0.25, -0.2) is 0 Å². The van der Waals surface area contributed by atoms with Crippen molar-refractivity contribution in [3.8, 4) is 11.5 Å². The average molecular weight is 266 g/mol. The highest BCUT2D eigenvalue weighted by Gasteiger charge is 2.16. The molecule has 0 spiro atoms. The maximum absolute atomic E-state index is 5.47. The second-order valence-corrected chi connectivity index (χ2v) is 4.62. The van der Waals surface area contributed by atoms with Crippen LogP contribution in [0.5, 0.6) is 11.5 Å². The number of para-hydroxylation sites is 1. The predicted molar refractivity (Wildman–Crippen MR) is 73.6 cm³/mol. The van der Waals surface area contributed by atoms with Crippen LogP contribution in [-0.2, 0) is 11.3 Å². The van der Waals surface area contributed by atoms with Crippen LogP contribution in [0.1, 0.15) is 5.56 Å². The fourth-order valence-electron chi connectivity index (χ4n) is 1.98. The molecule has 1 aromatic carbocycles. The van der Waals surface area contributed by atoms with E-state index in [0.29, 0.717) is 6.79 Å². The van der Waals surface area contributed by atoms with Crippen molar-refractivity contribution in [1.82, 2.24) is 10.2 Å². The highest BCUT2D eigenvalue weighted by molar-refractivity contribution is 5.48. The Morgan fingerprint density at radius 2 is 2.21 bits per heavy atom. The van der Waals surface area contributed by atoms with Crippen LogP contribution in [0.2, 0.25) is 0 Å². The van der Waals surface area contributed by atoms with Crippen molar-refractivity contribution in [3.05, 3.63) is 23.8 Å². The number of benzene rings is 1. The first-order valence-corrected chi connectivity index (χ1v) is 6.57. The van der Waals surface area contributed by atoms with Gasteiger partial charge >= 0.3 is 0 Å². The quantitative estimate of drug-likeness (QED) is 0.713. The third-order valence-electron chi connectivity index (χ3n) is 3.14. The number of ether oxygens (including phenoxy) is 3. The van der Waals surface area contributed by atoms with Crippen LogP contribution >= 0.6 is 0 Å². The lowest BCUT2D eigenvalue weighted by Gasteiger charge is -2.16. The number of methoxy groups -OCH3 is 1. The van der Waals surface area contributed by atoms with E-state index in [1.807, 2.05) is 12.1 Å². The van der Waals surface area contributed by atoms with Crippen molar-refractivity contribution >= 4 is 0 Å². The van der Waals surface area contributed by atoms with E-state index >= 15 is 0 Å². The summed E-state index contributed by atoms with van der Waals surface area (Å²) in [5.41, 5.74) is 1.15. The molecule has 0 saturated carbocycles. The second-order valence-electron chi connectivity index (χ2n) is 4.62. The lowest BCUT2D eigenvalue weighted by molar-refractivity contribution is 0.161. The first kappa shape index (κ1) is 14.1. The third kappa shape index (κ3) is 4.09. The standard InChI is InChI=1S/C14H22N2O3/c1-16(8-9-17-2)7-6-15-10-12-4-3-5-13-14(12)19-11-18-13/h3-5,15H,6-11H2,1-2H3. The molecule has 1 aliphatic rings. The number of nitrogens with zero attached hydrogens (tertiary/aromatic N) is 1. The Hall–Kier alpha value is -1.30. The van der Waals surface area contributed by atoms with E-state index < -0.39 is 0 Å². The first-order chi connectivity index (χ1) is 9.31. The second kappa shape index (κ2) is 7.33. The Kier molecular flexibility index (Phi) is 5.44. The van der Waals surface area contributed by atoms with Gasteiger partial charge in [-0.15, -0.1) is 0 Å². The van der Waals surface area contributed by atoms with Crippen LogP contribution in [0.15, 0.2) is 18.2 Å². The van der Waals surface area contributed by atoms with Crippen molar-refractivity contribution in [1.29, 1.82) is 0 Å². The molecule has 0 unspecified atom stereocenters. The Morgan fingerprint density at radius 3 is 3.05 bits per heavy atom. The van der Waals surface area contributed by atoms with Gasteiger partial charge in [0.2, 0.25) is 6.79 Å². The molecule has 0 atom stereocenters. The molecule has 0 radical (unpaired) electrons. The lowest BCUT2D eigenvalue weighted by atomic mass is 10.2. The summed E-state index contributed by atoms with van der Waals surface area (Å²) in [6.07, 6.45) is 0. The van der Waals surface area contributed by atoms with Crippen LogP contribution < -0.4 is 14.8 Å². The van der Waals surface area contributed by atoms with Crippen LogP contribution in [0.25, 0.3) is 0 Å². The average Bonchev–Trinajstić information content (AvgIpc) is 2.90. The fraction of sp³-hybridized carbons (Fsp3) is 0.571. The van der Waals surface area contributed by atoms with Gasteiger partial charge in [0.05, 0.1) is 6.61 Å². The molecule has 1 aromatic rings. The lowest BCUT2D eigenvalue weighted by Crippen LogP contribution is -2.31. The monoisotopic (exact) mass is 266 g/mol. The van der Waals surface area contributed by atoms with Gasteiger partial charge in [-0.1, -0.05) is 12.1 Å². The summed E-state index contributed by atoms with van der Waals surface area (Å²) < 4.78 is 15.9. The minimum atomic E-state index is 0.325. The van der Waals surface area contributed by atoms with E-state index in [2.05, 4.69) is 23.3 Å². The third-order valence-corrected chi connectivity index (χ3v) is 3.14. The Bertz CT molecular complexity index is 398. The van der Waals surface area contributed by atoms with Crippen molar-refractivity contribution in [3.63, 3.8) is 0 Å². The van der Waals surface area contributed by atoms with E-state index in [9.17, 15) is 0 Å². The summed E-state index contributed by atoms with van der Waals surface area (Å²) in [6.45, 7) is 4.78. The van der Waals surface area contributed by atoms with Gasteiger partial charge in [0, 0.05) is 38.9 Å². The summed E-state index contributed by atoms with van der Waals surface area (Å²) in [6, 6.07) is 5.99. The summed E-state index contributed by atoms with van der Waals surface area (Å²) in [4.78, 5) is 2.24. The molecule has 1 aliphatic heterocycles. The summed E-state index contributed by atoms with van der Waals surface area (Å²) in [5.74, 6) is 1.72. The minimum Gasteiger partial charge on any atom is -0.454 e. The maximum Gasteiger partial charge on any atom is 0.231 e. The molecular weight excluding hydrogens is 244 g/mol. The number of nitrogens with one attached hydrogen (secondary N) is 1. The number of fused-ring (bicyclic) bond motifs is 1. The van der Waals surface area contributed by atoms with E-state index in [4.69, 9.17) is 14.2 Å². The normalized spacial score (nSPS) is 13.2. The molecule has 0 amide bonds. The number of likely N-dealkylation sites (N-methyl/N-ethyl adjacent to an activating group) is 1. The molecular formula is C14H22N2O3. The summed E-state index contributed by atoms with van der Waals surface area (Å²) >= 11 is 0. The van der Waals surface area contributed by atoms with Crippen LogP contribution in [0, 0.1) is 0 Å². The summed E-state index contributed by atoms with van der Waals surface area (Å²) in [5, 5.41) is 3.42. The van der Waals surface area contributed by atoms with Crippen molar-refractivity contribution < 1.29 is 14.2 Å². The van der Waals surface area contributed by atoms with Crippen molar-refractivity contribution in [2.45, 2.75) is 6.54 Å². The molecule has 0 saturated heterocycles. The van der Waals surface area contributed by atoms with Crippen LogP contribution in [0.4, 0.5) is 0 Å². The Morgan fingerprint density at radius 1 is 1.32 bits per heavy atom. The van der Waals surface area contributed by atoms with E-state index in [-0.39, 0.29) is 0 Å². The van der Waals surface area contributed by atoms with E-state index in [0.717, 1.165) is 49.8 Å².